The van der Waals surface area contributed by atoms with Crippen LogP contribution in [0.5, 0.6) is 0 Å². The minimum atomic E-state index is -0.827. The topological polar surface area (TPSA) is 92.2 Å². The molecule has 0 atom stereocenters. The van der Waals surface area contributed by atoms with E-state index in [1.165, 1.54) is 0 Å². The summed E-state index contributed by atoms with van der Waals surface area (Å²) >= 11 is 1.06. The highest BCUT2D eigenvalue weighted by Gasteiger charge is 2.41. The standard InChI is InChI=1S/C14H21N3O3S/c1-3-10-11(21-17-16-10)12(18)15-8-14(13(19)20)6-4-9(2)5-7-14/h9H,3-8H2,1-2H3,(H,15,18)(H,19,20). The van der Waals surface area contributed by atoms with Crippen LogP contribution < -0.4 is 5.32 Å². The lowest BCUT2D eigenvalue weighted by atomic mass is 9.71. The summed E-state index contributed by atoms with van der Waals surface area (Å²) in [4.78, 5) is 24.3. The number of nitrogens with one attached hydrogen (secondary N) is 1. The molecule has 1 saturated carbocycles. The predicted molar refractivity (Wildman–Crippen MR) is 79.3 cm³/mol. The number of aliphatic carboxylic acids is 1. The largest absolute Gasteiger partial charge is 0.481 e. The van der Waals surface area contributed by atoms with Crippen LogP contribution in [0.2, 0.25) is 0 Å². The molecule has 0 aliphatic heterocycles. The molecule has 116 valence electrons. The van der Waals surface area contributed by atoms with E-state index in [0.717, 1.165) is 24.4 Å². The maximum absolute atomic E-state index is 12.2. The van der Waals surface area contributed by atoms with Gasteiger partial charge < -0.3 is 10.4 Å². The number of hydrogen-bond donors (Lipinski definition) is 2. The number of aryl methyl sites for hydroxylation is 1. The minimum absolute atomic E-state index is 0.176. The van der Waals surface area contributed by atoms with E-state index in [0.29, 0.717) is 35.8 Å². The van der Waals surface area contributed by atoms with Gasteiger partial charge in [0.15, 0.2) is 0 Å². The lowest BCUT2D eigenvalue weighted by Gasteiger charge is -2.35. The third-order valence-corrected chi connectivity index (χ3v) is 5.14. The van der Waals surface area contributed by atoms with Crippen LogP contribution in [-0.4, -0.2) is 33.1 Å². The number of amides is 1. The fourth-order valence-electron chi connectivity index (χ4n) is 2.72. The Morgan fingerprint density at radius 2 is 2.10 bits per heavy atom. The van der Waals surface area contributed by atoms with E-state index < -0.39 is 11.4 Å². The number of carbonyl (C=O) groups excluding carboxylic acids is 1. The second-order valence-electron chi connectivity index (χ2n) is 5.85. The zero-order valence-corrected chi connectivity index (χ0v) is 13.2. The van der Waals surface area contributed by atoms with Crippen molar-refractivity contribution in [3.63, 3.8) is 0 Å². The molecule has 0 aromatic carbocycles. The summed E-state index contributed by atoms with van der Waals surface area (Å²) in [6, 6.07) is 0. The quantitative estimate of drug-likeness (QED) is 0.869. The van der Waals surface area contributed by atoms with Crippen LogP contribution in [0.4, 0.5) is 0 Å². The number of carbonyl (C=O) groups is 2. The zero-order valence-electron chi connectivity index (χ0n) is 12.4. The third kappa shape index (κ3) is 3.40. The van der Waals surface area contributed by atoms with Gasteiger partial charge in [0.25, 0.3) is 5.91 Å². The zero-order chi connectivity index (χ0) is 15.5. The summed E-state index contributed by atoms with van der Waals surface area (Å²) in [5.74, 6) is -0.514. The number of rotatable bonds is 5. The number of aromatic nitrogens is 2. The Kier molecular flexibility index (Phi) is 4.92. The minimum Gasteiger partial charge on any atom is -0.481 e. The van der Waals surface area contributed by atoms with Crippen molar-refractivity contribution in [2.75, 3.05) is 6.54 Å². The van der Waals surface area contributed by atoms with Crippen LogP contribution in [0.1, 0.15) is 54.9 Å². The van der Waals surface area contributed by atoms with E-state index in [4.69, 9.17) is 0 Å². The Balaban J connectivity index is 2.02. The Labute approximate surface area is 128 Å². The van der Waals surface area contributed by atoms with Crippen LogP contribution in [0.3, 0.4) is 0 Å². The molecule has 1 fully saturated rings. The normalized spacial score (nSPS) is 25.5. The highest BCUT2D eigenvalue weighted by molar-refractivity contribution is 7.08. The Bertz CT molecular complexity index is 521. The van der Waals surface area contributed by atoms with Gasteiger partial charge in [-0.15, -0.1) is 5.10 Å². The van der Waals surface area contributed by atoms with Gasteiger partial charge in [0.1, 0.15) is 4.88 Å². The van der Waals surface area contributed by atoms with E-state index in [-0.39, 0.29) is 12.5 Å². The third-order valence-electron chi connectivity index (χ3n) is 4.37. The molecule has 0 spiro atoms. The van der Waals surface area contributed by atoms with Gasteiger partial charge >= 0.3 is 5.97 Å². The van der Waals surface area contributed by atoms with Crippen LogP contribution in [-0.2, 0) is 11.2 Å². The van der Waals surface area contributed by atoms with Crippen molar-refractivity contribution in [3.05, 3.63) is 10.6 Å². The van der Waals surface area contributed by atoms with Crippen molar-refractivity contribution in [1.82, 2.24) is 14.9 Å². The second kappa shape index (κ2) is 6.51. The van der Waals surface area contributed by atoms with Crippen LogP contribution in [0, 0.1) is 11.3 Å². The average molecular weight is 311 g/mol. The summed E-state index contributed by atoms with van der Waals surface area (Å²) < 4.78 is 3.79. The lowest BCUT2D eigenvalue weighted by Crippen LogP contribution is -2.45. The lowest BCUT2D eigenvalue weighted by molar-refractivity contribution is -0.151. The maximum Gasteiger partial charge on any atom is 0.311 e. The van der Waals surface area contributed by atoms with Crippen molar-refractivity contribution in [1.29, 1.82) is 0 Å². The molecule has 7 heteroatoms. The monoisotopic (exact) mass is 311 g/mol. The van der Waals surface area contributed by atoms with Gasteiger partial charge in [0, 0.05) is 6.54 Å². The van der Waals surface area contributed by atoms with E-state index in [9.17, 15) is 14.7 Å². The van der Waals surface area contributed by atoms with E-state index in [1.807, 2.05) is 6.92 Å². The molecule has 1 aliphatic rings. The highest BCUT2D eigenvalue weighted by Crippen LogP contribution is 2.38. The SMILES string of the molecule is CCc1nnsc1C(=O)NCC1(C(=O)O)CCC(C)CC1. The molecule has 1 amide bonds. The van der Waals surface area contributed by atoms with Gasteiger partial charge in [0.2, 0.25) is 0 Å². The van der Waals surface area contributed by atoms with Gasteiger partial charge in [-0.2, -0.15) is 0 Å². The molecule has 1 aliphatic carbocycles. The van der Waals surface area contributed by atoms with E-state index in [1.54, 1.807) is 0 Å². The van der Waals surface area contributed by atoms with Gasteiger partial charge in [-0.25, -0.2) is 0 Å². The van der Waals surface area contributed by atoms with Crippen molar-refractivity contribution in [3.8, 4) is 0 Å². The molecule has 0 radical (unpaired) electrons. The molecule has 1 heterocycles. The first-order valence-electron chi connectivity index (χ1n) is 7.31. The first kappa shape index (κ1) is 15.9. The fraction of sp³-hybridized carbons (Fsp3) is 0.714. The van der Waals surface area contributed by atoms with Gasteiger partial charge in [-0.1, -0.05) is 18.3 Å². The van der Waals surface area contributed by atoms with Gasteiger partial charge in [0.05, 0.1) is 11.1 Å². The number of nitrogens with zero attached hydrogens (tertiary/aromatic N) is 2. The molecular weight excluding hydrogens is 290 g/mol. The first-order valence-corrected chi connectivity index (χ1v) is 8.08. The summed E-state index contributed by atoms with van der Waals surface area (Å²) in [7, 11) is 0. The number of carboxylic acid groups (broad SMARTS) is 1. The summed E-state index contributed by atoms with van der Waals surface area (Å²) in [6.45, 7) is 4.23. The van der Waals surface area contributed by atoms with Crippen LogP contribution in [0.25, 0.3) is 0 Å². The molecule has 6 nitrogen and oxygen atoms in total. The first-order chi connectivity index (χ1) is 9.98. The highest BCUT2D eigenvalue weighted by atomic mass is 32.1. The number of carboxylic acids is 1. The average Bonchev–Trinajstić information content (AvgIpc) is 2.95. The molecule has 1 aromatic heterocycles. The molecule has 0 saturated heterocycles. The Morgan fingerprint density at radius 3 is 2.67 bits per heavy atom. The van der Waals surface area contributed by atoms with Crippen molar-refractivity contribution in [2.45, 2.75) is 46.0 Å². The van der Waals surface area contributed by atoms with Crippen molar-refractivity contribution in [2.24, 2.45) is 11.3 Å². The molecule has 0 bridgehead atoms. The van der Waals surface area contributed by atoms with Crippen LogP contribution in [0.15, 0.2) is 0 Å². The molecule has 0 unspecified atom stereocenters. The summed E-state index contributed by atoms with van der Waals surface area (Å²) in [6.07, 6.45) is 3.66. The Hall–Kier alpha value is -1.50. The summed E-state index contributed by atoms with van der Waals surface area (Å²) in [5.41, 5.74) is -0.161. The second-order valence-corrected chi connectivity index (χ2v) is 6.61. The fourth-order valence-corrected chi connectivity index (χ4v) is 3.39. The van der Waals surface area contributed by atoms with Crippen molar-refractivity contribution < 1.29 is 14.7 Å². The van der Waals surface area contributed by atoms with Gasteiger partial charge in [-0.05, 0) is 49.6 Å². The van der Waals surface area contributed by atoms with Crippen LogP contribution >= 0.6 is 11.5 Å². The molecule has 2 rings (SSSR count). The smallest absolute Gasteiger partial charge is 0.311 e. The molecule has 2 N–H and O–H groups in total. The van der Waals surface area contributed by atoms with E-state index >= 15 is 0 Å². The maximum atomic E-state index is 12.2. The predicted octanol–water partition coefficient (Wildman–Crippen LogP) is 2.11. The molecule has 1 aromatic rings. The molecular formula is C14H21N3O3S. The Morgan fingerprint density at radius 1 is 1.43 bits per heavy atom. The number of hydrogen-bond acceptors (Lipinski definition) is 5. The van der Waals surface area contributed by atoms with E-state index in [2.05, 4.69) is 21.8 Å². The summed E-state index contributed by atoms with van der Waals surface area (Å²) in [5, 5.41) is 16.2. The van der Waals surface area contributed by atoms with Crippen molar-refractivity contribution >= 4 is 23.4 Å². The molecule has 21 heavy (non-hydrogen) atoms. The van der Waals surface area contributed by atoms with Gasteiger partial charge in [-0.3, -0.25) is 9.59 Å².